The Morgan fingerprint density at radius 1 is 1.23 bits per heavy atom. The van der Waals surface area contributed by atoms with E-state index < -0.39 is 11.8 Å². The molecule has 1 atom stereocenters. The first kappa shape index (κ1) is 25.5. The molecule has 6 rings (SSSR count). The van der Waals surface area contributed by atoms with E-state index in [9.17, 15) is 14.3 Å². The van der Waals surface area contributed by atoms with Crippen LogP contribution in [0, 0.1) is 5.82 Å². The molecule has 1 fully saturated rings. The fourth-order valence-corrected chi connectivity index (χ4v) is 4.80. The van der Waals surface area contributed by atoms with E-state index in [1.54, 1.807) is 18.2 Å². The number of ether oxygens (including phenoxy) is 2. The highest BCUT2D eigenvalue weighted by atomic mass is 35.5. The molecule has 1 aromatic carbocycles. The van der Waals surface area contributed by atoms with Gasteiger partial charge in [0.25, 0.3) is 0 Å². The SMILES string of the molecule is O=C(O)c1nc2nc(CN3CC=C(c4cccc(OCc5ccc(Cl)cc5F)n4)CC3)n(CC3CCO3)c2o1. The molecule has 0 amide bonds. The van der Waals surface area contributed by atoms with Gasteiger partial charge in [-0.25, -0.2) is 19.2 Å². The van der Waals surface area contributed by atoms with Crippen LogP contribution in [-0.4, -0.2) is 61.3 Å². The van der Waals surface area contributed by atoms with Gasteiger partial charge in [-0.3, -0.25) is 9.47 Å². The first-order valence-corrected chi connectivity index (χ1v) is 13.0. The van der Waals surface area contributed by atoms with Crippen LogP contribution in [0.15, 0.2) is 46.9 Å². The van der Waals surface area contributed by atoms with Crippen LogP contribution >= 0.6 is 11.6 Å². The second-order valence-corrected chi connectivity index (χ2v) is 9.91. The van der Waals surface area contributed by atoms with E-state index in [0.717, 1.165) is 36.5 Å². The quantitative estimate of drug-likeness (QED) is 0.318. The van der Waals surface area contributed by atoms with E-state index in [0.29, 0.717) is 48.4 Å². The summed E-state index contributed by atoms with van der Waals surface area (Å²) in [6.07, 6.45) is 3.87. The Labute approximate surface area is 227 Å². The van der Waals surface area contributed by atoms with Crippen molar-refractivity contribution in [2.75, 3.05) is 19.7 Å². The summed E-state index contributed by atoms with van der Waals surface area (Å²) >= 11 is 5.82. The van der Waals surface area contributed by atoms with Crippen LogP contribution in [0.5, 0.6) is 5.88 Å². The molecular formula is C27H25ClFN5O5. The normalized spacial score (nSPS) is 17.7. The molecule has 0 spiro atoms. The van der Waals surface area contributed by atoms with Crippen LogP contribution in [0.2, 0.25) is 5.02 Å². The number of halogens is 2. The lowest BCUT2D eigenvalue weighted by Gasteiger charge is -2.29. The van der Waals surface area contributed by atoms with Crippen molar-refractivity contribution in [2.45, 2.75) is 38.6 Å². The molecule has 0 saturated carbocycles. The van der Waals surface area contributed by atoms with Gasteiger partial charge >= 0.3 is 11.9 Å². The number of hydrogen-bond donors (Lipinski definition) is 1. The Morgan fingerprint density at radius 2 is 2.10 bits per heavy atom. The van der Waals surface area contributed by atoms with Gasteiger partial charge in [-0.2, -0.15) is 4.98 Å². The maximum atomic E-state index is 14.1. The maximum absolute atomic E-state index is 14.1. The highest BCUT2D eigenvalue weighted by Gasteiger charge is 2.27. The van der Waals surface area contributed by atoms with E-state index in [2.05, 4.69) is 25.9 Å². The second kappa shape index (κ2) is 10.8. The van der Waals surface area contributed by atoms with Gasteiger partial charge in [0.1, 0.15) is 18.2 Å². The van der Waals surface area contributed by atoms with Gasteiger partial charge in [-0.05, 0) is 36.6 Å². The molecule has 1 N–H and O–H groups in total. The van der Waals surface area contributed by atoms with Crippen molar-refractivity contribution in [1.82, 2.24) is 24.4 Å². The standard InChI is InChI=1S/C27H25ClFN5O5/c28-18-5-4-17(20(29)12-18)15-38-23-3-1-2-21(30-23)16-6-9-33(10-7-16)14-22-31-24-26(39-25(32-24)27(35)36)34(22)13-19-8-11-37-19/h1-6,12,19H,7-11,13-15H2,(H,35,36). The number of benzene rings is 1. The number of pyridine rings is 1. The summed E-state index contributed by atoms with van der Waals surface area (Å²) in [7, 11) is 0. The van der Waals surface area contributed by atoms with Crippen LogP contribution < -0.4 is 4.74 Å². The minimum Gasteiger partial charge on any atom is -0.474 e. The predicted octanol–water partition coefficient (Wildman–Crippen LogP) is 4.57. The Hall–Kier alpha value is -3.80. The van der Waals surface area contributed by atoms with E-state index in [1.807, 2.05) is 16.7 Å². The largest absolute Gasteiger partial charge is 0.474 e. The molecule has 39 heavy (non-hydrogen) atoms. The molecule has 202 valence electrons. The van der Waals surface area contributed by atoms with Gasteiger partial charge in [0.2, 0.25) is 17.2 Å². The Balaban J connectivity index is 1.13. The van der Waals surface area contributed by atoms with Crippen molar-refractivity contribution in [3.8, 4) is 5.88 Å². The summed E-state index contributed by atoms with van der Waals surface area (Å²) in [6.45, 7) is 3.30. The van der Waals surface area contributed by atoms with Crippen LogP contribution in [0.3, 0.4) is 0 Å². The molecule has 4 aromatic rings. The molecule has 2 aliphatic heterocycles. The number of fused-ring (bicyclic) bond motifs is 1. The third-order valence-corrected chi connectivity index (χ3v) is 7.08. The van der Waals surface area contributed by atoms with Crippen LogP contribution in [0.1, 0.15) is 40.6 Å². The van der Waals surface area contributed by atoms with Crippen molar-refractivity contribution in [3.63, 3.8) is 0 Å². The Bertz CT molecular complexity index is 1560. The summed E-state index contributed by atoms with van der Waals surface area (Å²) in [5.74, 6) is -0.843. The zero-order valence-corrected chi connectivity index (χ0v) is 21.6. The zero-order valence-electron chi connectivity index (χ0n) is 20.8. The van der Waals surface area contributed by atoms with Crippen molar-refractivity contribution >= 4 is 34.5 Å². The van der Waals surface area contributed by atoms with Crippen molar-refractivity contribution in [1.29, 1.82) is 0 Å². The number of rotatable bonds is 9. The molecule has 5 heterocycles. The van der Waals surface area contributed by atoms with Gasteiger partial charge in [-0.1, -0.05) is 29.8 Å². The van der Waals surface area contributed by atoms with Crippen LogP contribution in [0.25, 0.3) is 16.9 Å². The molecule has 1 saturated heterocycles. The highest BCUT2D eigenvalue weighted by Crippen LogP contribution is 2.26. The molecule has 1 unspecified atom stereocenters. The number of carboxylic acids is 1. The summed E-state index contributed by atoms with van der Waals surface area (Å²) in [6, 6.07) is 10.0. The molecule has 3 aromatic heterocycles. The highest BCUT2D eigenvalue weighted by molar-refractivity contribution is 6.30. The maximum Gasteiger partial charge on any atom is 0.392 e. The van der Waals surface area contributed by atoms with Crippen molar-refractivity contribution in [3.05, 3.63) is 76.3 Å². The molecule has 12 heteroatoms. The molecule has 0 bridgehead atoms. The number of aromatic carboxylic acids is 1. The number of carboxylic acid groups (broad SMARTS) is 1. The number of hydrogen-bond acceptors (Lipinski definition) is 8. The lowest BCUT2D eigenvalue weighted by molar-refractivity contribution is -0.0595. The fraction of sp³-hybridized carbons (Fsp3) is 0.333. The average molecular weight is 554 g/mol. The lowest BCUT2D eigenvalue weighted by atomic mass is 10.0. The van der Waals surface area contributed by atoms with E-state index >= 15 is 0 Å². The van der Waals surface area contributed by atoms with Gasteiger partial charge in [0, 0.05) is 36.3 Å². The number of carbonyl (C=O) groups is 1. The molecule has 0 aliphatic carbocycles. The molecule has 2 aliphatic rings. The van der Waals surface area contributed by atoms with E-state index in [4.69, 9.17) is 25.5 Å². The van der Waals surface area contributed by atoms with Gasteiger partial charge < -0.3 is 19.0 Å². The minimum absolute atomic E-state index is 0.0455. The summed E-state index contributed by atoms with van der Waals surface area (Å²) in [5, 5.41) is 9.58. The second-order valence-electron chi connectivity index (χ2n) is 9.47. The van der Waals surface area contributed by atoms with Crippen LogP contribution in [-0.2, 0) is 24.4 Å². The van der Waals surface area contributed by atoms with E-state index in [1.165, 1.54) is 6.07 Å². The average Bonchev–Trinajstić information content (AvgIpc) is 3.45. The summed E-state index contributed by atoms with van der Waals surface area (Å²) < 4.78 is 32.8. The van der Waals surface area contributed by atoms with Gasteiger partial charge in [0.05, 0.1) is 24.9 Å². The molecule has 10 nitrogen and oxygen atoms in total. The van der Waals surface area contributed by atoms with Crippen molar-refractivity contribution in [2.24, 2.45) is 0 Å². The third-order valence-electron chi connectivity index (χ3n) is 6.85. The van der Waals surface area contributed by atoms with Crippen molar-refractivity contribution < 1.29 is 28.2 Å². The Morgan fingerprint density at radius 3 is 2.82 bits per heavy atom. The number of imidazole rings is 1. The third kappa shape index (κ3) is 5.51. The molecule has 0 radical (unpaired) electrons. The predicted molar refractivity (Wildman–Crippen MR) is 139 cm³/mol. The first-order chi connectivity index (χ1) is 18.9. The van der Waals surface area contributed by atoms with Gasteiger partial charge in [-0.15, -0.1) is 0 Å². The molecular weight excluding hydrogens is 529 g/mol. The zero-order chi connectivity index (χ0) is 26.9. The minimum atomic E-state index is -1.23. The monoisotopic (exact) mass is 553 g/mol. The number of nitrogens with zero attached hydrogens (tertiary/aromatic N) is 5. The summed E-state index contributed by atoms with van der Waals surface area (Å²) in [4.78, 5) is 26.8. The first-order valence-electron chi connectivity index (χ1n) is 12.6. The smallest absolute Gasteiger partial charge is 0.392 e. The fourth-order valence-electron chi connectivity index (χ4n) is 4.64. The van der Waals surface area contributed by atoms with Crippen LogP contribution in [0.4, 0.5) is 4.39 Å². The van der Waals surface area contributed by atoms with Gasteiger partial charge in [0.15, 0.2) is 0 Å². The topological polar surface area (TPSA) is 116 Å². The Kier molecular flexibility index (Phi) is 7.03. The number of oxazole rings is 1. The van der Waals surface area contributed by atoms with E-state index in [-0.39, 0.29) is 24.2 Å². The summed E-state index contributed by atoms with van der Waals surface area (Å²) in [5.41, 5.74) is 2.96. The number of aromatic nitrogens is 4. The lowest BCUT2D eigenvalue weighted by Crippen LogP contribution is -2.33.